The van der Waals surface area contributed by atoms with Gasteiger partial charge in [0.1, 0.15) is 0 Å². The second-order valence-electron chi connectivity index (χ2n) is 5.20. The average molecular weight is 430 g/mol. The van der Waals surface area contributed by atoms with Crippen LogP contribution in [-0.2, 0) is 4.79 Å². The van der Waals surface area contributed by atoms with Crippen LogP contribution in [0.15, 0.2) is 98.0 Å². The molecular formula is C20H16BrNOS2. The third-order valence-electron chi connectivity index (χ3n) is 3.32. The first-order valence-corrected chi connectivity index (χ1v) is 10.3. The molecule has 3 aromatic carbocycles. The van der Waals surface area contributed by atoms with E-state index in [1.165, 1.54) is 11.8 Å². The molecule has 25 heavy (non-hydrogen) atoms. The smallest absolute Gasteiger partial charge is 0.234 e. The normalized spacial score (nSPS) is 10.4. The van der Waals surface area contributed by atoms with E-state index in [1.807, 2.05) is 66.7 Å². The summed E-state index contributed by atoms with van der Waals surface area (Å²) in [5.74, 6) is 0.375. The predicted octanol–water partition coefficient (Wildman–Crippen LogP) is 6.33. The zero-order valence-corrected chi connectivity index (χ0v) is 16.5. The van der Waals surface area contributed by atoms with Gasteiger partial charge in [-0.05, 0) is 48.5 Å². The number of amides is 1. The lowest BCUT2D eigenvalue weighted by atomic mass is 10.3. The van der Waals surface area contributed by atoms with Gasteiger partial charge < -0.3 is 5.32 Å². The summed E-state index contributed by atoms with van der Waals surface area (Å²) in [5, 5.41) is 3.02. The van der Waals surface area contributed by atoms with Gasteiger partial charge in [0, 0.05) is 19.2 Å². The number of rotatable bonds is 6. The summed E-state index contributed by atoms with van der Waals surface area (Å²) < 4.78 is 1.04. The fraction of sp³-hybridized carbons (Fsp3) is 0.0500. The van der Waals surface area contributed by atoms with Gasteiger partial charge in [-0.1, -0.05) is 58.0 Å². The molecule has 3 aromatic rings. The summed E-state index contributed by atoms with van der Waals surface area (Å²) >= 11 is 6.59. The van der Waals surface area contributed by atoms with Crippen molar-refractivity contribution >= 4 is 51.0 Å². The second kappa shape index (κ2) is 9.13. The van der Waals surface area contributed by atoms with Crippen molar-refractivity contribution in [2.24, 2.45) is 0 Å². The van der Waals surface area contributed by atoms with Gasteiger partial charge in [0.2, 0.25) is 5.91 Å². The Morgan fingerprint density at radius 2 is 1.52 bits per heavy atom. The Labute approximate surface area is 164 Å². The topological polar surface area (TPSA) is 29.1 Å². The van der Waals surface area contributed by atoms with Crippen LogP contribution in [0, 0.1) is 0 Å². The highest BCUT2D eigenvalue weighted by Gasteiger charge is 2.08. The fourth-order valence-electron chi connectivity index (χ4n) is 2.14. The number of hydrogen-bond donors (Lipinski definition) is 1. The number of anilines is 1. The Hall–Kier alpha value is -1.69. The molecule has 0 aliphatic heterocycles. The molecular weight excluding hydrogens is 414 g/mol. The minimum Gasteiger partial charge on any atom is -0.324 e. The first-order valence-electron chi connectivity index (χ1n) is 7.71. The summed E-state index contributed by atoms with van der Waals surface area (Å²) in [6, 6.07) is 26.0. The van der Waals surface area contributed by atoms with E-state index in [1.54, 1.807) is 11.8 Å². The summed E-state index contributed by atoms with van der Waals surface area (Å²) in [5.41, 5.74) is 0.845. The Kier molecular flexibility index (Phi) is 6.62. The number of nitrogens with one attached hydrogen (secondary N) is 1. The fourth-order valence-corrected chi connectivity index (χ4v) is 4.03. The molecule has 0 heterocycles. The Balaban J connectivity index is 1.62. The van der Waals surface area contributed by atoms with Gasteiger partial charge in [-0.2, -0.15) is 0 Å². The van der Waals surface area contributed by atoms with Crippen molar-refractivity contribution < 1.29 is 4.79 Å². The third kappa shape index (κ3) is 5.66. The lowest BCUT2D eigenvalue weighted by Crippen LogP contribution is -2.14. The number of carbonyl (C=O) groups is 1. The van der Waals surface area contributed by atoms with Gasteiger partial charge in [0.15, 0.2) is 0 Å². The molecule has 3 rings (SSSR count). The van der Waals surface area contributed by atoms with Crippen molar-refractivity contribution in [3.63, 3.8) is 0 Å². The van der Waals surface area contributed by atoms with Crippen molar-refractivity contribution in [1.82, 2.24) is 0 Å². The molecule has 0 fully saturated rings. The molecule has 0 saturated carbocycles. The number of halogens is 1. The van der Waals surface area contributed by atoms with E-state index in [0.717, 1.165) is 24.8 Å². The van der Waals surface area contributed by atoms with Gasteiger partial charge >= 0.3 is 0 Å². The molecule has 0 aliphatic carbocycles. The van der Waals surface area contributed by atoms with Crippen LogP contribution in [0.2, 0.25) is 0 Å². The van der Waals surface area contributed by atoms with E-state index in [0.29, 0.717) is 5.75 Å². The maximum absolute atomic E-state index is 12.3. The molecule has 0 aliphatic rings. The van der Waals surface area contributed by atoms with Gasteiger partial charge in [-0.3, -0.25) is 4.79 Å². The predicted molar refractivity (Wildman–Crippen MR) is 111 cm³/mol. The van der Waals surface area contributed by atoms with Crippen molar-refractivity contribution in [1.29, 1.82) is 0 Å². The number of para-hydroxylation sites is 1. The van der Waals surface area contributed by atoms with E-state index in [2.05, 4.69) is 33.4 Å². The van der Waals surface area contributed by atoms with E-state index >= 15 is 0 Å². The summed E-state index contributed by atoms with van der Waals surface area (Å²) in [6.45, 7) is 0. The maximum Gasteiger partial charge on any atom is 0.234 e. The number of hydrogen-bond acceptors (Lipinski definition) is 3. The molecule has 2 nitrogen and oxygen atoms in total. The molecule has 0 aromatic heterocycles. The van der Waals surface area contributed by atoms with E-state index in [9.17, 15) is 4.79 Å². The standard InChI is InChI=1S/C20H16BrNOS2/c21-15-10-12-16(13-11-15)24-14-20(23)22-18-8-4-5-9-19(18)25-17-6-2-1-3-7-17/h1-13H,14H2,(H,22,23). The zero-order chi connectivity index (χ0) is 17.5. The maximum atomic E-state index is 12.3. The third-order valence-corrected chi connectivity index (χ3v) is 5.94. The average Bonchev–Trinajstić information content (AvgIpc) is 2.64. The largest absolute Gasteiger partial charge is 0.324 e. The van der Waals surface area contributed by atoms with Crippen LogP contribution in [0.25, 0.3) is 0 Å². The molecule has 0 spiro atoms. The molecule has 1 N–H and O–H groups in total. The highest BCUT2D eigenvalue weighted by molar-refractivity contribution is 9.10. The van der Waals surface area contributed by atoms with Crippen molar-refractivity contribution in [2.45, 2.75) is 14.7 Å². The van der Waals surface area contributed by atoms with E-state index < -0.39 is 0 Å². The van der Waals surface area contributed by atoms with Gasteiger partial charge in [-0.15, -0.1) is 11.8 Å². The van der Waals surface area contributed by atoms with Crippen LogP contribution in [-0.4, -0.2) is 11.7 Å². The Morgan fingerprint density at radius 1 is 0.840 bits per heavy atom. The van der Waals surface area contributed by atoms with Crippen LogP contribution < -0.4 is 5.32 Å². The highest BCUT2D eigenvalue weighted by Crippen LogP contribution is 2.33. The number of thioether (sulfide) groups is 1. The van der Waals surface area contributed by atoms with E-state index in [4.69, 9.17) is 0 Å². The summed E-state index contributed by atoms with van der Waals surface area (Å²) in [4.78, 5) is 15.6. The van der Waals surface area contributed by atoms with Crippen LogP contribution in [0.5, 0.6) is 0 Å². The van der Waals surface area contributed by atoms with Crippen molar-refractivity contribution in [3.8, 4) is 0 Å². The Bertz CT molecular complexity index is 838. The lowest BCUT2D eigenvalue weighted by molar-refractivity contribution is -0.113. The van der Waals surface area contributed by atoms with Crippen LogP contribution >= 0.6 is 39.5 Å². The molecule has 0 atom stereocenters. The van der Waals surface area contributed by atoms with Crippen molar-refractivity contribution in [2.75, 3.05) is 11.1 Å². The van der Waals surface area contributed by atoms with Crippen molar-refractivity contribution in [3.05, 3.63) is 83.3 Å². The SMILES string of the molecule is O=C(CSc1ccc(Br)cc1)Nc1ccccc1Sc1ccccc1. The zero-order valence-electron chi connectivity index (χ0n) is 13.3. The number of carbonyl (C=O) groups excluding carboxylic acids is 1. The van der Waals surface area contributed by atoms with E-state index in [-0.39, 0.29) is 5.91 Å². The Morgan fingerprint density at radius 3 is 2.28 bits per heavy atom. The quantitative estimate of drug-likeness (QED) is 0.464. The number of benzene rings is 3. The van der Waals surface area contributed by atoms with Gasteiger partial charge in [-0.25, -0.2) is 0 Å². The van der Waals surface area contributed by atoms with Crippen LogP contribution in [0.3, 0.4) is 0 Å². The van der Waals surface area contributed by atoms with Gasteiger partial charge in [0.25, 0.3) is 0 Å². The summed E-state index contributed by atoms with van der Waals surface area (Å²) in [6.07, 6.45) is 0. The molecule has 0 unspecified atom stereocenters. The monoisotopic (exact) mass is 429 g/mol. The summed E-state index contributed by atoms with van der Waals surface area (Å²) in [7, 11) is 0. The minimum absolute atomic E-state index is 0.00553. The molecule has 0 bridgehead atoms. The molecule has 0 radical (unpaired) electrons. The first kappa shape index (κ1) is 18.1. The highest BCUT2D eigenvalue weighted by atomic mass is 79.9. The van der Waals surface area contributed by atoms with Crippen LogP contribution in [0.4, 0.5) is 5.69 Å². The lowest BCUT2D eigenvalue weighted by Gasteiger charge is -2.10. The molecule has 5 heteroatoms. The molecule has 0 saturated heterocycles. The van der Waals surface area contributed by atoms with Crippen LogP contribution in [0.1, 0.15) is 0 Å². The van der Waals surface area contributed by atoms with Gasteiger partial charge in [0.05, 0.1) is 11.4 Å². The first-order chi connectivity index (χ1) is 12.2. The second-order valence-corrected chi connectivity index (χ2v) is 8.28. The minimum atomic E-state index is -0.00553. The molecule has 1 amide bonds. The molecule has 126 valence electrons.